The SMILES string of the molecule is CC(C)CC(=O)NCC1(c2ccsc2)CCCC1. The highest BCUT2D eigenvalue weighted by molar-refractivity contribution is 7.08. The molecule has 0 aromatic carbocycles. The van der Waals surface area contributed by atoms with Crippen LogP contribution in [0.3, 0.4) is 0 Å². The minimum Gasteiger partial charge on any atom is -0.355 e. The maximum Gasteiger partial charge on any atom is 0.220 e. The van der Waals surface area contributed by atoms with Gasteiger partial charge in [0.25, 0.3) is 0 Å². The fourth-order valence-corrected chi connectivity index (χ4v) is 3.68. The van der Waals surface area contributed by atoms with Crippen LogP contribution in [0.1, 0.15) is 51.5 Å². The van der Waals surface area contributed by atoms with Crippen molar-refractivity contribution in [1.82, 2.24) is 5.32 Å². The van der Waals surface area contributed by atoms with E-state index in [2.05, 4.69) is 36.0 Å². The van der Waals surface area contributed by atoms with Gasteiger partial charge < -0.3 is 5.32 Å². The largest absolute Gasteiger partial charge is 0.355 e. The molecule has 0 bridgehead atoms. The minimum atomic E-state index is 0.200. The highest BCUT2D eigenvalue weighted by atomic mass is 32.1. The zero-order chi connectivity index (χ0) is 13.0. The Labute approximate surface area is 114 Å². The van der Waals surface area contributed by atoms with Crippen LogP contribution in [0.25, 0.3) is 0 Å². The van der Waals surface area contributed by atoms with Crippen molar-refractivity contribution in [2.24, 2.45) is 5.92 Å². The predicted octanol–water partition coefficient (Wildman–Crippen LogP) is 3.72. The van der Waals surface area contributed by atoms with Gasteiger partial charge in [0, 0.05) is 18.4 Å². The van der Waals surface area contributed by atoms with Crippen LogP contribution in [0, 0.1) is 5.92 Å². The first-order valence-corrected chi connectivity index (χ1v) is 7.86. The molecule has 1 saturated carbocycles. The maximum absolute atomic E-state index is 11.8. The number of nitrogens with one attached hydrogen (secondary N) is 1. The van der Waals surface area contributed by atoms with E-state index in [0.717, 1.165) is 6.54 Å². The Bertz CT molecular complexity index is 377. The van der Waals surface area contributed by atoms with Gasteiger partial charge in [0.2, 0.25) is 5.91 Å². The summed E-state index contributed by atoms with van der Waals surface area (Å²) in [6, 6.07) is 2.23. The Morgan fingerprint density at radius 1 is 1.44 bits per heavy atom. The van der Waals surface area contributed by atoms with Gasteiger partial charge in [0.05, 0.1) is 0 Å². The highest BCUT2D eigenvalue weighted by Crippen LogP contribution is 2.41. The van der Waals surface area contributed by atoms with Crippen molar-refractivity contribution in [3.8, 4) is 0 Å². The van der Waals surface area contributed by atoms with E-state index in [1.54, 1.807) is 11.3 Å². The quantitative estimate of drug-likeness (QED) is 0.863. The number of rotatable bonds is 5. The van der Waals surface area contributed by atoms with Gasteiger partial charge in [-0.05, 0) is 41.1 Å². The molecule has 0 spiro atoms. The zero-order valence-corrected chi connectivity index (χ0v) is 12.2. The molecule has 0 aliphatic heterocycles. The van der Waals surface area contributed by atoms with Crippen LogP contribution in [-0.4, -0.2) is 12.5 Å². The molecule has 1 aromatic heterocycles. The smallest absolute Gasteiger partial charge is 0.220 e. The predicted molar refractivity (Wildman–Crippen MR) is 76.9 cm³/mol. The van der Waals surface area contributed by atoms with E-state index in [0.29, 0.717) is 12.3 Å². The van der Waals surface area contributed by atoms with Gasteiger partial charge in [0.15, 0.2) is 0 Å². The number of amides is 1. The average Bonchev–Trinajstić information content (AvgIpc) is 2.97. The normalized spacial score (nSPS) is 18.2. The van der Waals surface area contributed by atoms with Gasteiger partial charge in [-0.2, -0.15) is 11.3 Å². The van der Waals surface area contributed by atoms with Crippen molar-refractivity contribution in [3.05, 3.63) is 22.4 Å². The van der Waals surface area contributed by atoms with E-state index in [1.807, 2.05) is 0 Å². The lowest BCUT2D eigenvalue weighted by atomic mass is 9.80. The molecule has 1 amide bonds. The second kappa shape index (κ2) is 5.87. The lowest BCUT2D eigenvalue weighted by Crippen LogP contribution is -2.39. The average molecular weight is 265 g/mol. The summed E-state index contributed by atoms with van der Waals surface area (Å²) in [6.45, 7) is 4.99. The molecule has 0 radical (unpaired) electrons. The Morgan fingerprint density at radius 2 is 2.17 bits per heavy atom. The number of carbonyl (C=O) groups is 1. The van der Waals surface area contributed by atoms with Crippen molar-refractivity contribution in [3.63, 3.8) is 0 Å². The molecule has 1 aliphatic carbocycles. The molecule has 2 rings (SSSR count). The second-order valence-electron chi connectivity index (χ2n) is 5.87. The van der Waals surface area contributed by atoms with Gasteiger partial charge in [0.1, 0.15) is 0 Å². The van der Waals surface area contributed by atoms with E-state index < -0.39 is 0 Å². The van der Waals surface area contributed by atoms with Crippen LogP contribution in [0.15, 0.2) is 16.8 Å². The second-order valence-corrected chi connectivity index (χ2v) is 6.65. The van der Waals surface area contributed by atoms with Gasteiger partial charge in [-0.15, -0.1) is 0 Å². The molecule has 0 unspecified atom stereocenters. The molecular weight excluding hydrogens is 242 g/mol. The summed E-state index contributed by atoms with van der Waals surface area (Å²) in [5, 5.41) is 7.54. The Hall–Kier alpha value is -0.830. The van der Waals surface area contributed by atoms with Crippen LogP contribution in [0.5, 0.6) is 0 Å². The lowest BCUT2D eigenvalue weighted by molar-refractivity contribution is -0.122. The lowest BCUT2D eigenvalue weighted by Gasteiger charge is -2.29. The van der Waals surface area contributed by atoms with Gasteiger partial charge in [-0.25, -0.2) is 0 Å². The summed E-state index contributed by atoms with van der Waals surface area (Å²) in [4.78, 5) is 11.8. The van der Waals surface area contributed by atoms with E-state index in [-0.39, 0.29) is 11.3 Å². The van der Waals surface area contributed by atoms with Crippen molar-refractivity contribution >= 4 is 17.2 Å². The van der Waals surface area contributed by atoms with Crippen molar-refractivity contribution < 1.29 is 4.79 Å². The minimum absolute atomic E-state index is 0.200. The third kappa shape index (κ3) is 3.14. The van der Waals surface area contributed by atoms with Crippen LogP contribution in [0.4, 0.5) is 0 Å². The first kappa shape index (κ1) is 13.6. The molecule has 1 aliphatic rings. The summed E-state index contributed by atoms with van der Waals surface area (Å²) in [7, 11) is 0. The molecule has 100 valence electrons. The molecule has 3 heteroatoms. The summed E-state index contributed by atoms with van der Waals surface area (Å²) < 4.78 is 0. The van der Waals surface area contributed by atoms with Crippen molar-refractivity contribution in [1.29, 1.82) is 0 Å². The summed E-state index contributed by atoms with van der Waals surface area (Å²) in [5.41, 5.74) is 1.64. The first-order valence-electron chi connectivity index (χ1n) is 6.92. The van der Waals surface area contributed by atoms with Gasteiger partial charge >= 0.3 is 0 Å². The Kier molecular flexibility index (Phi) is 4.44. The fraction of sp³-hybridized carbons (Fsp3) is 0.667. The number of carbonyl (C=O) groups excluding carboxylic acids is 1. The van der Waals surface area contributed by atoms with Crippen LogP contribution in [-0.2, 0) is 10.2 Å². The molecule has 1 aromatic rings. The van der Waals surface area contributed by atoms with Crippen LogP contribution < -0.4 is 5.32 Å². The molecule has 2 nitrogen and oxygen atoms in total. The first-order chi connectivity index (χ1) is 8.62. The molecule has 0 saturated heterocycles. The third-order valence-electron chi connectivity index (χ3n) is 3.91. The molecule has 0 atom stereocenters. The van der Waals surface area contributed by atoms with E-state index in [9.17, 15) is 4.79 Å². The molecule has 1 N–H and O–H groups in total. The zero-order valence-electron chi connectivity index (χ0n) is 11.4. The van der Waals surface area contributed by atoms with Crippen molar-refractivity contribution in [2.45, 2.75) is 51.4 Å². The maximum atomic E-state index is 11.8. The van der Waals surface area contributed by atoms with Crippen LogP contribution in [0.2, 0.25) is 0 Å². The molecule has 18 heavy (non-hydrogen) atoms. The molecule has 1 heterocycles. The van der Waals surface area contributed by atoms with Gasteiger partial charge in [-0.3, -0.25) is 4.79 Å². The topological polar surface area (TPSA) is 29.1 Å². The Balaban J connectivity index is 1.98. The van der Waals surface area contributed by atoms with Crippen LogP contribution >= 0.6 is 11.3 Å². The summed E-state index contributed by atoms with van der Waals surface area (Å²) >= 11 is 1.76. The highest BCUT2D eigenvalue weighted by Gasteiger charge is 2.36. The summed E-state index contributed by atoms with van der Waals surface area (Å²) in [6.07, 6.45) is 5.64. The summed E-state index contributed by atoms with van der Waals surface area (Å²) in [5.74, 6) is 0.636. The monoisotopic (exact) mass is 265 g/mol. The number of hydrogen-bond acceptors (Lipinski definition) is 2. The molecule has 1 fully saturated rings. The van der Waals surface area contributed by atoms with Crippen molar-refractivity contribution in [2.75, 3.05) is 6.54 Å². The number of hydrogen-bond donors (Lipinski definition) is 1. The standard InChI is InChI=1S/C15H23NOS/c1-12(2)9-14(17)16-11-15(6-3-4-7-15)13-5-8-18-10-13/h5,8,10,12H,3-4,6-7,9,11H2,1-2H3,(H,16,17). The van der Waals surface area contributed by atoms with E-state index >= 15 is 0 Å². The van der Waals surface area contributed by atoms with E-state index in [1.165, 1.54) is 31.2 Å². The third-order valence-corrected chi connectivity index (χ3v) is 4.60. The van der Waals surface area contributed by atoms with E-state index in [4.69, 9.17) is 0 Å². The number of thiophene rings is 1. The molecular formula is C15H23NOS. The Morgan fingerprint density at radius 3 is 2.72 bits per heavy atom. The fourth-order valence-electron chi connectivity index (χ4n) is 2.90. The van der Waals surface area contributed by atoms with Gasteiger partial charge in [-0.1, -0.05) is 26.7 Å².